The lowest BCUT2D eigenvalue weighted by molar-refractivity contribution is 0.467. The van der Waals surface area contributed by atoms with Crippen LogP contribution >= 0.6 is 27.5 Å². The molecule has 0 radical (unpaired) electrons. The molecule has 1 aromatic carbocycles. The van der Waals surface area contributed by atoms with Crippen molar-refractivity contribution >= 4 is 38.7 Å². The SMILES string of the molecule is Clc1nc(Oc2ccc(Br)cc2)c2[nH]cnc2n1. The molecule has 18 heavy (non-hydrogen) atoms. The lowest BCUT2D eigenvalue weighted by Gasteiger charge is -2.05. The number of halogens is 2. The van der Waals surface area contributed by atoms with Crippen LogP contribution in [0.3, 0.4) is 0 Å². The third-order valence-corrected chi connectivity index (χ3v) is 2.95. The van der Waals surface area contributed by atoms with Gasteiger partial charge in [-0.15, -0.1) is 0 Å². The van der Waals surface area contributed by atoms with Crippen LogP contribution in [0, 0.1) is 0 Å². The monoisotopic (exact) mass is 324 g/mol. The first kappa shape index (κ1) is 11.4. The van der Waals surface area contributed by atoms with Gasteiger partial charge < -0.3 is 9.72 Å². The molecule has 3 aromatic rings. The van der Waals surface area contributed by atoms with Crippen LogP contribution in [-0.4, -0.2) is 19.9 Å². The lowest BCUT2D eigenvalue weighted by Crippen LogP contribution is -1.92. The molecule has 1 N–H and O–H groups in total. The minimum Gasteiger partial charge on any atom is -0.437 e. The Morgan fingerprint density at radius 3 is 2.72 bits per heavy atom. The molecule has 90 valence electrons. The largest absolute Gasteiger partial charge is 0.437 e. The Hall–Kier alpha value is -1.66. The van der Waals surface area contributed by atoms with Crippen LogP contribution in [0.1, 0.15) is 0 Å². The number of H-pyrrole nitrogens is 1. The highest BCUT2D eigenvalue weighted by Crippen LogP contribution is 2.27. The second-order valence-corrected chi connectivity index (χ2v) is 4.71. The highest BCUT2D eigenvalue weighted by atomic mass is 79.9. The minimum absolute atomic E-state index is 0.0988. The number of nitrogens with one attached hydrogen (secondary N) is 1. The number of hydrogen-bond acceptors (Lipinski definition) is 4. The lowest BCUT2D eigenvalue weighted by atomic mass is 10.3. The molecule has 0 fully saturated rings. The van der Waals surface area contributed by atoms with Crippen molar-refractivity contribution in [3.8, 4) is 11.6 Å². The van der Waals surface area contributed by atoms with Crippen LogP contribution < -0.4 is 4.74 Å². The molecular formula is C11H6BrClN4O. The second kappa shape index (κ2) is 4.55. The molecule has 0 saturated carbocycles. The van der Waals surface area contributed by atoms with E-state index in [0.29, 0.717) is 22.8 Å². The van der Waals surface area contributed by atoms with Gasteiger partial charge in [-0.05, 0) is 35.9 Å². The minimum atomic E-state index is 0.0988. The molecule has 5 nitrogen and oxygen atoms in total. The first-order valence-electron chi connectivity index (χ1n) is 5.02. The van der Waals surface area contributed by atoms with Crippen molar-refractivity contribution in [2.24, 2.45) is 0 Å². The van der Waals surface area contributed by atoms with E-state index in [2.05, 4.69) is 35.9 Å². The van der Waals surface area contributed by atoms with Crippen LogP contribution in [0.2, 0.25) is 5.28 Å². The van der Waals surface area contributed by atoms with Gasteiger partial charge >= 0.3 is 0 Å². The predicted molar refractivity (Wildman–Crippen MR) is 70.9 cm³/mol. The summed E-state index contributed by atoms with van der Waals surface area (Å²) in [7, 11) is 0. The summed E-state index contributed by atoms with van der Waals surface area (Å²) in [5, 5.41) is 0.0988. The molecule has 0 amide bonds. The average molecular weight is 326 g/mol. The number of aromatic amines is 1. The molecule has 0 aliphatic heterocycles. The molecule has 0 bridgehead atoms. The average Bonchev–Trinajstić information content (AvgIpc) is 2.80. The van der Waals surface area contributed by atoms with E-state index in [1.807, 2.05) is 24.3 Å². The molecule has 0 unspecified atom stereocenters. The zero-order chi connectivity index (χ0) is 12.5. The third-order valence-electron chi connectivity index (χ3n) is 2.25. The van der Waals surface area contributed by atoms with Gasteiger partial charge in [-0.1, -0.05) is 15.9 Å². The van der Waals surface area contributed by atoms with Crippen molar-refractivity contribution in [1.82, 2.24) is 19.9 Å². The van der Waals surface area contributed by atoms with Gasteiger partial charge in [0.2, 0.25) is 11.2 Å². The van der Waals surface area contributed by atoms with Crippen molar-refractivity contribution in [3.05, 3.63) is 40.3 Å². The Balaban J connectivity index is 2.03. The zero-order valence-electron chi connectivity index (χ0n) is 8.89. The van der Waals surface area contributed by atoms with Crippen molar-refractivity contribution in [3.63, 3.8) is 0 Å². The second-order valence-electron chi connectivity index (χ2n) is 3.45. The number of imidazole rings is 1. The van der Waals surface area contributed by atoms with Crippen LogP contribution in [-0.2, 0) is 0 Å². The van der Waals surface area contributed by atoms with Gasteiger partial charge in [-0.2, -0.15) is 9.97 Å². The van der Waals surface area contributed by atoms with Gasteiger partial charge in [-0.25, -0.2) is 4.98 Å². The molecule has 3 rings (SSSR count). The Labute approximate surface area is 115 Å². The highest BCUT2D eigenvalue weighted by molar-refractivity contribution is 9.10. The van der Waals surface area contributed by atoms with Gasteiger partial charge in [0.15, 0.2) is 5.65 Å². The van der Waals surface area contributed by atoms with Gasteiger partial charge in [0, 0.05) is 4.47 Å². The van der Waals surface area contributed by atoms with Crippen LogP contribution in [0.25, 0.3) is 11.2 Å². The summed E-state index contributed by atoms with van der Waals surface area (Å²) in [5.74, 6) is 1.01. The van der Waals surface area contributed by atoms with Crippen LogP contribution in [0.5, 0.6) is 11.6 Å². The molecule has 2 aromatic heterocycles. The van der Waals surface area contributed by atoms with E-state index in [0.717, 1.165) is 4.47 Å². The fourth-order valence-corrected chi connectivity index (χ4v) is 1.89. The summed E-state index contributed by atoms with van der Waals surface area (Å²) >= 11 is 9.17. The highest BCUT2D eigenvalue weighted by Gasteiger charge is 2.10. The summed E-state index contributed by atoms with van der Waals surface area (Å²) in [6.45, 7) is 0. The number of hydrogen-bond donors (Lipinski definition) is 1. The Morgan fingerprint density at radius 1 is 1.17 bits per heavy atom. The van der Waals surface area contributed by atoms with Gasteiger partial charge in [0.1, 0.15) is 11.3 Å². The molecule has 7 heteroatoms. The maximum atomic E-state index is 5.81. The van der Waals surface area contributed by atoms with Crippen molar-refractivity contribution in [1.29, 1.82) is 0 Å². The molecule has 0 spiro atoms. The Kier molecular flexibility index (Phi) is 2.89. The van der Waals surface area contributed by atoms with E-state index >= 15 is 0 Å². The van der Waals surface area contributed by atoms with E-state index in [1.165, 1.54) is 6.33 Å². The molecule has 0 saturated heterocycles. The number of benzene rings is 1. The third kappa shape index (κ3) is 2.16. The quantitative estimate of drug-likeness (QED) is 0.732. The van der Waals surface area contributed by atoms with Crippen molar-refractivity contribution < 1.29 is 4.74 Å². The first-order valence-corrected chi connectivity index (χ1v) is 6.19. The standard InChI is InChI=1S/C11H6BrClN4O/c12-6-1-3-7(4-2-6)18-10-8-9(15-5-14-8)16-11(13)17-10/h1-5H,(H,14,15,16,17). The van der Waals surface area contributed by atoms with E-state index in [-0.39, 0.29) is 5.28 Å². The van der Waals surface area contributed by atoms with Crippen molar-refractivity contribution in [2.75, 3.05) is 0 Å². The molecule has 0 aliphatic carbocycles. The Morgan fingerprint density at radius 2 is 1.94 bits per heavy atom. The molecular weight excluding hydrogens is 320 g/mol. The summed E-state index contributed by atoms with van der Waals surface area (Å²) in [4.78, 5) is 15.0. The summed E-state index contributed by atoms with van der Waals surface area (Å²) < 4.78 is 6.63. The maximum Gasteiger partial charge on any atom is 0.250 e. The normalized spacial score (nSPS) is 10.8. The first-order chi connectivity index (χ1) is 8.72. The fraction of sp³-hybridized carbons (Fsp3) is 0. The number of ether oxygens (including phenoxy) is 1. The maximum absolute atomic E-state index is 5.81. The predicted octanol–water partition coefficient (Wildman–Crippen LogP) is 3.56. The summed E-state index contributed by atoms with van der Waals surface area (Å²) in [6, 6.07) is 7.40. The topological polar surface area (TPSA) is 63.7 Å². The number of aromatic nitrogens is 4. The smallest absolute Gasteiger partial charge is 0.250 e. The van der Waals surface area contributed by atoms with E-state index in [9.17, 15) is 0 Å². The number of rotatable bonds is 2. The number of nitrogens with zero attached hydrogens (tertiary/aromatic N) is 3. The molecule has 2 heterocycles. The Bertz CT molecular complexity index is 698. The molecule has 0 aliphatic rings. The van der Waals surface area contributed by atoms with Crippen LogP contribution in [0.4, 0.5) is 0 Å². The summed E-state index contributed by atoms with van der Waals surface area (Å²) in [6.07, 6.45) is 1.52. The van der Waals surface area contributed by atoms with E-state index in [1.54, 1.807) is 0 Å². The van der Waals surface area contributed by atoms with Gasteiger partial charge in [-0.3, -0.25) is 0 Å². The van der Waals surface area contributed by atoms with E-state index in [4.69, 9.17) is 16.3 Å². The van der Waals surface area contributed by atoms with Crippen molar-refractivity contribution in [2.45, 2.75) is 0 Å². The van der Waals surface area contributed by atoms with E-state index < -0.39 is 0 Å². The fourth-order valence-electron chi connectivity index (χ4n) is 1.47. The van der Waals surface area contributed by atoms with Crippen LogP contribution in [0.15, 0.2) is 35.1 Å². The summed E-state index contributed by atoms with van der Waals surface area (Å²) in [5.41, 5.74) is 1.09. The zero-order valence-corrected chi connectivity index (χ0v) is 11.2. The number of fused-ring (bicyclic) bond motifs is 1. The van der Waals surface area contributed by atoms with Gasteiger partial charge in [0.25, 0.3) is 0 Å². The molecule has 0 atom stereocenters. The van der Waals surface area contributed by atoms with Gasteiger partial charge in [0.05, 0.1) is 6.33 Å².